The van der Waals surface area contributed by atoms with Crippen molar-refractivity contribution in [1.82, 2.24) is 10.5 Å². The first-order valence-electron chi connectivity index (χ1n) is 7.94. The molecule has 12 nitrogen and oxygen atoms in total. The lowest BCUT2D eigenvalue weighted by atomic mass is 10.1. The Kier molecular flexibility index (Phi) is 5.83. The van der Waals surface area contributed by atoms with E-state index in [0.717, 1.165) is 18.2 Å². The third-order valence-electron chi connectivity index (χ3n) is 4.05. The maximum absolute atomic E-state index is 11.4. The Hall–Kier alpha value is -2.59. The summed E-state index contributed by atoms with van der Waals surface area (Å²) in [6.45, 7) is 0. The highest BCUT2D eigenvalue weighted by Crippen LogP contribution is 2.30. The van der Waals surface area contributed by atoms with Gasteiger partial charge in [0.25, 0.3) is 20.2 Å². The van der Waals surface area contributed by atoms with Crippen LogP contribution in [-0.2, 0) is 20.2 Å². The maximum atomic E-state index is 11.4. The molecule has 160 valence electrons. The molecule has 2 aromatic carbocycles. The van der Waals surface area contributed by atoms with E-state index in [1.54, 1.807) is 0 Å². The third-order valence-corrected chi connectivity index (χ3v) is 6.11. The zero-order chi connectivity index (χ0) is 22.3. The predicted octanol–water partition coefficient (Wildman–Crippen LogP) is 0.496. The van der Waals surface area contributed by atoms with Crippen LogP contribution in [0.4, 0.5) is 5.69 Å². The van der Waals surface area contributed by atoms with E-state index in [2.05, 4.69) is 15.5 Å². The molecule has 30 heavy (non-hydrogen) atoms. The van der Waals surface area contributed by atoms with Crippen molar-refractivity contribution in [3.63, 3.8) is 0 Å². The van der Waals surface area contributed by atoms with Gasteiger partial charge < -0.3 is 5.73 Å². The molecule has 0 radical (unpaired) electrons. The number of halogens is 1. The summed E-state index contributed by atoms with van der Waals surface area (Å²) in [5, 5.41) is 1.04. The molecule has 0 saturated heterocycles. The molecular formula is C15H15ClN6O6S2. The van der Waals surface area contributed by atoms with Gasteiger partial charge in [0.05, 0.1) is 10.6 Å². The number of rotatable bonds is 5. The molecule has 7 N–H and O–H groups in total. The monoisotopic (exact) mass is 474 g/mol. The summed E-state index contributed by atoms with van der Waals surface area (Å²) in [4.78, 5) is 7.70. The van der Waals surface area contributed by atoms with Crippen LogP contribution in [-0.4, -0.2) is 42.1 Å². The van der Waals surface area contributed by atoms with Gasteiger partial charge in [0.1, 0.15) is 4.90 Å². The van der Waals surface area contributed by atoms with Gasteiger partial charge in [-0.05, 0) is 48.0 Å². The van der Waals surface area contributed by atoms with E-state index in [9.17, 15) is 21.4 Å². The third kappa shape index (κ3) is 4.44. The van der Waals surface area contributed by atoms with Crippen molar-refractivity contribution in [1.29, 1.82) is 0 Å². The molecule has 1 unspecified atom stereocenters. The van der Waals surface area contributed by atoms with Gasteiger partial charge in [-0.1, -0.05) is 6.07 Å². The van der Waals surface area contributed by atoms with Crippen LogP contribution in [0.2, 0.25) is 0 Å². The van der Waals surface area contributed by atoms with Crippen molar-refractivity contribution >= 4 is 48.7 Å². The molecule has 1 heterocycles. The second-order valence-corrected chi connectivity index (χ2v) is 9.13. The molecule has 0 saturated carbocycles. The molecule has 15 heteroatoms. The fraction of sp³-hybridized carbons (Fsp3) is 0.0667. The molecule has 0 bridgehead atoms. The molecule has 2 aromatic rings. The first-order chi connectivity index (χ1) is 13.9. The molecule has 0 amide bonds. The Morgan fingerprint density at radius 3 is 2.17 bits per heavy atom. The number of benzene rings is 2. The number of hydrogen-bond acceptors (Lipinski definition) is 10. The molecule has 0 spiro atoms. The number of nitrogens with two attached hydrogens (primary N) is 2. The van der Waals surface area contributed by atoms with Crippen molar-refractivity contribution in [3.8, 4) is 0 Å². The van der Waals surface area contributed by atoms with E-state index >= 15 is 0 Å². The van der Waals surface area contributed by atoms with Crippen molar-refractivity contribution in [3.05, 3.63) is 53.6 Å². The number of hydrazine groups is 2. The number of nitrogens with one attached hydrogen (secondary N) is 1. The highest BCUT2D eigenvalue weighted by atomic mass is 35.5. The Labute approximate surface area is 176 Å². The zero-order valence-electron chi connectivity index (χ0n) is 14.8. The normalized spacial score (nSPS) is 17.5. The van der Waals surface area contributed by atoms with Gasteiger partial charge >= 0.3 is 0 Å². The SMILES string of the molecule is NNN1C(Cl)=NC(c2ccc(S(=O)(=O)O)cc2)=NC1c1ccc(S(=O)(=O)O)c(N)c1. The average molecular weight is 475 g/mol. The lowest BCUT2D eigenvalue weighted by Crippen LogP contribution is -2.48. The average Bonchev–Trinajstić information content (AvgIpc) is 2.65. The Bertz CT molecular complexity index is 1260. The fourth-order valence-corrected chi connectivity index (χ4v) is 3.97. The molecule has 0 fully saturated rings. The van der Waals surface area contributed by atoms with Crippen molar-refractivity contribution in [2.75, 3.05) is 5.73 Å². The van der Waals surface area contributed by atoms with E-state index in [1.807, 2.05) is 0 Å². The molecule has 3 rings (SSSR count). The number of nitrogen functional groups attached to an aromatic ring is 1. The fourth-order valence-electron chi connectivity index (χ4n) is 2.67. The minimum absolute atomic E-state index is 0.107. The van der Waals surface area contributed by atoms with Crippen LogP contribution in [0.1, 0.15) is 17.3 Å². The van der Waals surface area contributed by atoms with Gasteiger partial charge in [0, 0.05) is 11.1 Å². The van der Waals surface area contributed by atoms with E-state index in [1.165, 1.54) is 29.3 Å². The van der Waals surface area contributed by atoms with Gasteiger partial charge in [-0.15, -0.1) is 0 Å². The standard InChI is InChI=1S/C15H15ClN6O6S2/c16-15-20-13(8-1-4-10(5-2-8)29(23,24)25)19-14(22(15)21-18)9-3-6-12(11(17)7-9)30(26,27)28/h1-7,14,21H,17-18H2,(H,23,24,25)(H,26,27,28). The minimum Gasteiger partial charge on any atom is -0.398 e. The summed E-state index contributed by atoms with van der Waals surface area (Å²) in [7, 11) is -8.88. The van der Waals surface area contributed by atoms with Gasteiger partial charge in [-0.2, -0.15) is 27.4 Å². The zero-order valence-corrected chi connectivity index (χ0v) is 17.2. The molecule has 0 aliphatic carbocycles. The number of anilines is 1. The number of amidine groups is 2. The lowest BCUT2D eigenvalue weighted by Gasteiger charge is -2.31. The van der Waals surface area contributed by atoms with Gasteiger partial charge in [-0.3, -0.25) is 14.9 Å². The van der Waals surface area contributed by atoms with Crippen LogP contribution in [0.15, 0.2) is 62.2 Å². The Morgan fingerprint density at radius 1 is 1.03 bits per heavy atom. The van der Waals surface area contributed by atoms with Crippen molar-refractivity contribution in [2.24, 2.45) is 15.8 Å². The van der Waals surface area contributed by atoms with Crippen LogP contribution in [0.3, 0.4) is 0 Å². The number of aliphatic imine (C=N–C) groups is 2. The summed E-state index contributed by atoms with van der Waals surface area (Å²) in [6.07, 6.45) is -0.936. The smallest absolute Gasteiger partial charge is 0.296 e. The summed E-state index contributed by atoms with van der Waals surface area (Å²) in [5.74, 6) is 5.60. The van der Waals surface area contributed by atoms with Crippen LogP contribution >= 0.6 is 11.6 Å². The van der Waals surface area contributed by atoms with Gasteiger partial charge in [-0.25, -0.2) is 10.0 Å². The van der Waals surface area contributed by atoms with Gasteiger partial charge in [0.15, 0.2) is 12.0 Å². The summed E-state index contributed by atoms with van der Waals surface area (Å²) in [5.41, 5.74) is 8.56. The highest BCUT2D eigenvalue weighted by molar-refractivity contribution is 7.86. The second-order valence-electron chi connectivity index (χ2n) is 5.98. The number of nitrogens with zero attached hydrogens (tertiary/aromatic N) is 3. The van der Waals surface area contributed by atoms with Crippen LogP contribution in [0.25, 0.3) is 0 Å². The number of hydrogen-bond donors (Lipinski definition) is 5. The summed E-state index contributed by atoms with van der Waals surface area (Å²) >= 11 is 6.17. The predicted molar refractivity (Wildman–Crippen MR) is 109 cm³/mol. The largest absolute Gasteiger partial charge is 0.398 e. The van der Waals surface area contributed by atoms with Crippen molar-refractivity contribution < 1.29 is 25.9 Å². The maximum Gasteiger partial charge on any atom is 0.296 e. The van der Waals surface area contributed by atoms with Crippen LogP contribution < -0.4 is 17.1 Å². The van der Waals surface area contributed by atoms with Crippen LogP contribution in [0.5, 0.6) is 0 Å². The molecule has 1 aliphatic rings. The van der Waals surface area contributed by atoms with E-state index in [0.29, 0.717) is 11.1 Å². The lowest BCUT2D eigenvalue weighted by molar-refractivity contribution is 0.240. The quantitative estimate of drug-likeness (QED) is 0.133. The van der Waals surface area contributed by atoms with E-state index in [-0.39, 0.29) is 21.7 Å². The Morgan fingerprint density at radius 2 is 1.67 bits per heavy atom. The highest BCUT2D eigenvalue weighted by Gasteiger charge is 2.28. The first-order valence-corrected chi connectivity index (χ1v) is 11.2. The van der Waals surface area contributed by atoms with E-state index < -0.39 is 31.3 Å². The minimum atomic E-state index is -4.51. The molecular weight excluding hydrogens is 460 g/mol. The molecule has 1 aliphatic heterocycles. The topological polar surface area (TPSA) is 201 Å². The van der Waals surface area contributed by atoms with E-state index in [4.69, 9.17) is 27.7 Å². The van der Waals surface area contributed by atoms with Crippen molar-refractivity contribution in [2.45, 2.75) is 16.0 Å². The second kappa shape index (κ2) is 7.92. The summed E-state index contributed by atoms with van der Waals surface area (Å²) in [6, 6.07) is 8.80. The Balaban J connectivity index is 2.06. The van der Waals surface area contributed by atoms with Crippen LogP contribution in [0, 0.1) is 0 Å². The molecule has 0 aromatic heterocycles. The first kappa shape index (κ1) is 22.1. The molecule has 1 atom stereocenters. The van der Waals surface area contributed by atoms with Gasteiger partial charge in [0.2, 0.25) is 5.29 Å². The summed E-state index contributed by atoms with van der Waals surface area (Å²) < 4.78 is 63.4.